The van der Waals surface area contributed by atoms with Crippen LogP contribution in [0.2, 0.25) is 0 Å². The Bertz CT molecular complexity index is 1080. The second-order valence-corrected chi connectivity index (χ2v) is 8.27. The third-order valence-corrected chi connectivity index (χ3v) is 6.12. The largest absolute Gasteiger partial charge is 0.396 e. The van der Waals surface area contributed by atoms with E-state index in [4.69, 9.17) is 10.5 Å². The van der Waals surface area contributed by atoms with E-state index in [1.165, 1.54) is 0 Å². The van der Waals surface area contributed by atoms with Gasteiger partial charge in [0, 0.05) is 81.3 Å². The van der Waals surface area contributed by atoms with Gasteiger partial charge in [0.2, 0.25) is 12.4 Å². The van der Waals surface area contributed by atoms with Gasteiger partial charge in [-0.05, 0) is 24.6 Å². The van der Waals surface area contributed by atoms with Gasteiger partial charge in [-0.2, -0.15) is 0 Å². The summed E-state index contributed by atoms with van der Waals surface area (Å²) in [5.41, 5.74) is 10.6. The molecule has 1 amide bonds. The number of nitrogens with one attached hydrogen (secondary N) is 1. The van der Waals surface area contributed by atoms with Gasteiger partial charge in [0.05, 0.1) is 18.0 Å². The van der Waals surface area contributed by atoms with Crippen molar-refractivity contribution in [3.05, 3.63) is 36.8 Å². The number of carbonyl (C=O) groups excluding carboxylic acids is 1. The van der Waals surface area contributed by atoms with Gasteiger partial charge in [0.25, 0.3) is 0 Å². The van der Waals surface area contributed by atoms with Crippen molar-refractivity contribution in [3.8, 4) is 22.5 Å². The minimum atomic E-state index is 0.692. The minimum Gasteiger partial charge on any atom is -0.396 e. The zero-order valence-electron chi connectivity index (χ0n) is 18.5. The van der Waals surface area contributed by atoms with Gasteiger partial charge in [-0.1, -0.05) is 0 Å². The topological polar surface area (TPSA) is 116 Å². The van der Waals surface area contributed by atoms with Crippen LogP contribution in [0.1, 0.15) is 6.42 Å². The Hall–Kier alpha value is -3.66. The highest BCUT2D eigenvalue weighted by Crippen LogP contribution is 2.31. The lowest BCUT2D eigenvalue weighted by molar-refractivity contribution is -0.118. The molecule has 0 saturated carbocycles. The average Bonchev–Trinajstić information content (AvgIpc) is 3.07. The van der Waals surface area contributed by atoms with Crippen molar-refractivity contribution in [3.63, 3.8) is 0 Å². The van der Waals surface area contributed by atoms with Crippen LogP contribution in [0.3, 0.4) is 0 Å². The van der Waals surface area contributed by atoms with Crippen LogP contribution in [0.5, 0.6) is 0 Å². The Labute approximate surface area is 192 Å². The van der Waals surface area contributed by atoms with Gasteiger partial charge in [-0.25, -0.2) is 9.97 Å². The summed E-state index contributed by atoms with van der Waals surface area (Å²) >= 11 is 0. The second-order valence-electron chi connectivity index (χ2n) is 8.27. The summed E-state index contributed by atoms with van der Waals surface area (Å²) in [4.78, 5) is 34.2. The zero-order valence-corrected chi connectivity index (χ0v) is 18.5. The van der Waals surface area contributed by atoms with Gasteiger partial charge >= 0.3 is 0 Å². The van der Waals surface area contributed by atoms with Crippen LogP contribution in [-0.2, 0) is 9.53 Å². The lowest BCUT2D eigenvalue weighted by Crippen LogP contribution is -2.46. The van der Waals surface area contributed by atoms with Gasteiger partial charge in [-0.3, -0.25) is 9.78 Å². The van der Waals surface area contributed by atoms with Gasteiger partial charge in [-0.15, -0.1) is 0 Å². The highest BCUT2D eigenvalue weighted by Gasteiger charge is 2.20. The number of anilines is 3. The average molecular weight is 449 g/mol. The maximum Gasteiger partial charge on any atom is 0.225 e. The molecule has 33 heavy (non-hydrogen) atoms. The molecular weight excluding hydrogens is 420 g/mol. The predicted molar refractivity (Wildman–Crippen MR) is 127 cm³/mol. The minimum absolute atomic E-state index is 0.692. The van der Waals surface area contributed by atoms with Gasteiger partial charge in [0.15, 0.2) is 0 Å². The Kier molecular flexibility index (Phi) is 6.07. The van der Waals surface area contributed by atoms with Crippen LogP contribution >= 0.6 is 0 Å². The number of H-pyrrole nitrogens is 1. The highest BCUT2D eigenvalue weighted by molar-refractivity contribution is 5.77. The number of nitrogen functional groups attached to an aromatic ring is 1. The number of pyridine rings is 1. The normalized spacial score (nSPS) is 17.2. The van der Waals surface area contributed by atoms with Crippen LogP contribution in [0.25, 0.3) is 22.5 Å². The molecule has 0 aliphatic carbocycles. The number of aromatic amines is 1. The molecular formula is C23H28N8O2. The van der Waals surface area contributed by atoms with E-state index >= 15 is 0 Å². The summed E-state index contributed by atoms with van der Waals surface area (Å²) in [6.07, 6.45) is 7.30. The lowest BCUT2D eigenvalue weighted by atomic mass is 10.1. The van der Waals surface area contributed by atoms with Crippen LogP contribution < -0.4 is 15.5 Å². The second kappa shape index (κ2) is 9.45. The van der Waals surface area contributed by atoms with Crippen molar-refractivity contribution < 1.29 is 9.53 Å². The van der Waals surface area contributed by atoms with Crippen molar-refractivity contribution in [2.24, 2.45) is 0 Å². The summed E-state index contributed by atoms with van der Waals surface area (Å²) in [6, 6.07) is 5.91. The zero-order chi connectivity index (χ0) is 22.6. The predicted octanol–water partition coefficient (Wildman–Crippen LogP) is 1.62. The Morgan fingerprint density at radius 3 is 2.55 bits per heavy atom. The van der Waals surface area contributed by atoms with E-state index < -0.39 is 0 Å². The van der Waals surface area contributed by atoms with Crippen molar-refractivity contribution >= 4 is 23.9 Å². The number of piperazine rings is 1. The highest BCUT2D eigenvalue weighted by atomic mass is 16.5. The van der Waals surface area contributed by atoms with Gasteiger partial charge < -0.3 is 30.2 Å². The molecule has 3 aromatic heterocycles. The number of hydrogen-bond acceptors (Lipinski definition) is 8. The fourth-order valence-electron chi connectivity index (χ4n) is 4.25. The summed E-state index contributed by atoms with van der Waals surface area (Å²) in [6.45, 7) is 6.05. The number of nitrogens with zero attached hydrogens (tertiary/aromatic N) is 6. The molecule has 2 fully saturated rings. The van der Waals surface area contributed by atoms with Crippen LogP contribution in [0, 0.1) is 0 Å². The number of ether oxygens (including phenoxy) is 1. The quantitative estimate of drug-likeness (QED) is 0.566. The van der Waals surface area contributed by atoms with E-state index in [1.807, 2.05) is 30.6 Å². The molecule has 2 aliphatic heterocycles. The number of rotatable bonds is 5. The number of aromatic nitrogens is 4. The monoisotopic (exact) mass is 448 g/mol. The molecule has 5 heterocycles. The molecule has 0 atom stereocenters. The van der Waals surface area contributed by atoms with Crippen LogP contribution in [-0.4, -0.2) is 83.7 Å². The summed E-state index contributed by atoms with van der Waals surface area (Å²) in [5.74, 6) is 1.61. The summed E-state index contributed by atoms with van der Waals surface area (Å²) < 4.78 is 5.51. The van der Waals surface area contributed by atoms with Gasteiger partial charge in [0.1, 0.15) is 5.82 Å². The Morgan fingerprint density at radius 2 is 1.76 bits per heavy atom. The van der Waals surface area contributed by atoms with E-state index in [0.717, 1.165) is 79.9 Å². The molecule has 5 rings (SSSR count). The molecule has 10 nitrogen and oxygen atoms in total. The molecule has 0 unspecified atom stereocenters. The van der Waals surface area contributed by atoms with E-state index in [9.17, 15) is 4.79 Å². The molecule has 3 aromatic rings. The SMILES string of the molecule is Nc1cc(-c2ccnc(-c3cnc(N4CCCOCC4)nc3)c2)[nH]c1N1CCN(C=O)CC1. The first kappa shape index (κ1) is 21.2. The first-order valence-corrected chi connectivity index (χ1v) is 11.3. The van der Waals surface area contributed by atoms with E-state index in [0.29, 0.717) is 25.4 Å². The molecule has 0 bridgehead atoms. The van der Waals surface area contributed by atoms with Crippen LogP contribution in [0.4, 0.5) is 17.5 Å². The fraction of sp³-hybridized carbons (Fsp3) is 0.391. The molecule has 2 saturated heterocycles. The van der Waals surface area contributed by atoms with Crippen molar-refractivity contribution in [2.45, 2.75) is 6.42 Å². The molecule has 0 radical (unpaired) electrons. The van der Waals surface area contributed by atoms with E-state index in [2.05, 4.69) is 29.7 Å². The third-order valence-electron chi connectivity index (χ3n) is 6.12. The number of amides is 1. The maximum absolute atomic E-state index is 11.0. The van der Waals surface area contributed by atoms with Crippen molar-refractivity contribution in [1.29, 1.82) is 0 Å². The number of carbonyl (C=O) groups is 1. The van der Waals surface area contributed by atoms with E-state index in [1.54, 1.807) is 11.1 Å². The molecule has 3 N–H and O–H groups in total. The fourth-order valence-corrected chi connectivity index (χ4v) is 4.25. The van der Waals surface area contributed by atoms with Crippen LogP contribution in [0.15, 0.2) is 36.8 Å². The molecule has 0 spiro atoms. The summed E-state index contributed by atoms with van der Waals surface area (Å²) in [5, 5.41) is 0. The Balaban J connectivity index is 1.34. The number of hydrogen-bond donors (Lipinski definition) is 2. The lowest BCUT2D eigenvalue weighted by Gasteiger charge is -2.33. The first-order valence-electron chi connectivity index (χ1n) is 11.3. The summed E-state index contributed by atoms with van der Waals surface area (Å²) in [7, 11) is 0. The molecule has 2 aliphatic rings. The van der Waals surface area contributed by atoms with E-state index in [-0.39, 0.29) is 0 Å². The number of nitrogens with two attached hydrogens (primary N) is 1. The Morgan fingerprint density at radius 1 is 0.939 bits per heavy atom. The maximum atomic E-state index is 11.0. The standard InChI is InChI=1S/C23H28N8O2/c24-19-13-21(28-22(19)30-7-5-29(16-32)6-8-30)17-2-3-25-20(12-17)18-14-26-23(27-15-18)31-4-1-10-33-11-9-31/h2-3,12-16,28H,1,4-11,24H2. The van der Waals surface area contributed by atoms with Crippen molar-refractivity contribution in [2.75, 3.05) is 68.0 Å². The first-order chi connectivity index (χ1) is 16.2. The third kappa shape index (κ3) is 4.61. The smallest absolute Gasteiger partial charge is 0.225 e. The molecule has 0 aromatic carbocycles. The van der Waals surface area contributed by atoms with Crippen molar-refractivity contribution in [1.82, 2.24) is 24.8 Å². The molecule has 10 heteroatoms. The molecule has 172 valence electrons.